The highest BCUT2D eigenvalue weighted by atomic mass is 32.2. The highest BCUT2D eigenvalue weighted by molar-refractivity contribution is 7.89. The number of hydrogen-bond donors (Lipinski definition) is 1. The summed E-state index contributed by atoms with van der Waals surface area (Å²) in [4.78, 5) is 4.68. The second kappa shape index (κ2) is 6.49. The van der Waals surface area contributed by atoms with Crippen LogP contribution in [0.1, 0.15) is 20.8 Å². The van der Waals surface area contributed by atoms with E-state index in [0.717, 1.165) is 11.1 Å². The van der Waals surface area contributed by atoms with Crippen LogP contribution in [0.15, 0.2) is 35.5 Å². The fraction of sp³-hybridized carbons (Fsp3) is 0.412. The number of nitrogens with zero attached hydrogens (tertiary/aromatic N) is 4. The van der Waals surface area contributed by atoms with Gasteiger partial charge in [0.15, 0.2) is 0 Å². The number of rotatable bonds is 5. The molecule has 0 aliphatic rings. The standard InChI is InChI=1S/C17H23N5O3S/c1-17(2,3)22-11-12(10-19-22)16-20-14-9-13(26(18,23)24)5-6-15(14)21(16)7-8-25-4/h5-6,9-11H,7-8H2,1-4H3,(H2,18,23,24). The van der Waals surface area contributed by atoms with Gasteiger partial charge in [-0.1, -0.05) is 0 Å². The fourth-order valence-electron chi connectivity index (χ4n) is 2.72. The summed E-state index contributed by atoms with van der Waals surface area (Å²) in [7, 11) is -2.15. The van der Waals surface area contributed by atoms with Crippen LogP contribution in [0, 0.1) is 0 Å². The Morgan fingerprint density at radius 2 is 2.00 bits per heavy atom. The number of aromatic nitrogens is 4. The lowest BCUT2D eigenvalue weighted by Crippen LogP contribution is -2.21. The van der Waals surface area contributed by atoms with E-state index >= 15 is 0 Å². The molecule has 0 saturated heterocycles. The predicted molar refractivity (Wildman–Crippen MR) is 99.2 cm³/mol. The van der Waals surface area contributed by atoms with Gasteiger partial charge in [0.25, 0.3) is 0 Å². The lowest BCUT2D eigenvalue weighted by Gasteiger charge is -2.18. The van der Waals surface area contributed by atoms with Gasteiger partial charge in [-0.25, -0.2) is 18.5 Å². The second-order valence-electron chi connectivity index (χ2n) is 7.12. The van der Waals surface area contributed by atoms with Crippen molar-refractivity contribution in [3.8, 4) is 11.4 Å². The monoisotopic (exact) mass is 377 g/mol. The Morgan fingerprint density at radius 1 is 1.27 bits per heavy atom. The van der Waals surface area contributed by atoms with E-state index in [0.29, 0.717) is 24.5 Å². The first kappa shape index (κ1) is 18.6. The van der Waals surface area contributed by atoms with Gasteiger partial charge in [-0.05, 0) is 39.0 Å². The SMILES string of the molecule is COCCn1c(-c2cnn(C(C)(C)C)c2)nc2cc(S(N)(=O)=O)ccc21. The molecule has 0 amide bonds. The Morgan fingerprint density at radius 3 is 2.58 bits per heavy atom. The van der Waals surface area contributed by atoms with Gasteiger partial charge in [0.2, 0.25) is 10.0 Å². The first-order valence-corrected chi connectivity index (χ1v) is 9.73. The average Bonchev–Trinajstić information content (AvgIpc) is 3.15. The summed E-state index contributed by atoms with van der Waals surface area (Å²) in [6.07, 6.45) is 3.70. The second-order valence-corrected chi connectivity index (χ2v) is 8.68. The zero-order chi connectivity index (χ0) is 19.1. The third-order valence-corrected chi connectivity index (χ3v) is 5.01. The van der Waals surface area contributed by atoms with Crippen LogP contribution < -0.4 is 5.14 Å². The minimum absolute atomic E-state index is 0.0401. The van der Waals surface area contributed by atoms with E-state index < -0.39 is 10.0 Å². The summed E-state index contributed by atoms with van der Waals surface area (Å²) in [5, 5.41) is 9.67. The molecule has 3 rings (SSSR count). The largest absolute Gasteiger partial charge is 0.383 e. The quantitative estimate of drug-likeness (QED) is 0.732. The number of hydrogen-bond acceptors (Lipinski definition) is 5. The number of primary sulfonamides is 1. The van der Waals surface area contributed by atoms with Gasteiger partial charge in [0, 0.05) is 19.9 Å². The molecule has 8 nitrogen and oxygen atoms in total. The molecule has 2 N–H and O–H groups in total. The van der Waals surface area contributed by atoms with Crippen LogP contribution in [-0.4, -0.2) is 41.5 Å². The van der Waals surface area contributed by atoms with Crippen LogP contribution in [0.3, 0.4) is 0 Å². The summed E-state index contributed by atoms with van der Waals surface area (Å²) in [5.41, 5.74) is 2.08. The molecule has 2 heterocycles. The van der Waals surface area contributed by atoms with Crippen molar-refractivity contribution in [3.63, 3.8) is 0 Å². The normalized spacial score (nSPS) is 12.8. The van der Waals surface area contributed by atoms with Crippen molar-refractivity contribution in [1.29, 1.82) is 0 Å². The van der Waals surface area contributed by atoms with Gasteiger partial charge in [0.05, 0.1) is 39.8 Å². The van der Waals surface area contributed by atoms with Crippen LogP contribution >= 0.6 is 0 Å². The minimum atomic E-state index is -3.79. The predicted octanol–water partition coefficient (Wildman–Crippen LogP) is 1.95. The van der Waals surface area contributed by atoms with Crippen molar-refractivity contribution in [1.82, 2.24) is 19.3 Å². The van der Waals surface area contributed by atoms with E-state index in [-0.39, 0.29) is 10.4 Å². The van der Waals surface area contributed by atoms with Crippen LogP contribution in [0.25, 0.3) is 22.4 Å². The molecular formula is C17H23N5O3S. The number of ether oxygens (including phenoxy) is 1. The molecule has 0 aliphatic carbocycles. The van der Waals surface area contributed by atoms with Gasteiger partial charge in [0.1, 0.15) is 5.82 Å². The number of benzene rings is 1. The summed E-state index contributed by atoms with van der Waals surface area (Å²) in [5.74, 6) is 0.708. The first-order chi connectivity index (χ1) is 12.1. The molecule has 0 saturated carbocycles. The molecule has 0 fully saturated rings. The number of fused-ring (bicyclic) bond motifs is 1. The number of imidazole rings is 1. The van der Waals surface area contributed by atoms with E-state index in [1.165, 1.54) is 12.1 Å². The highest BCUT2D eigenvalue weighted by Gasteiger charge is 2.19. The molecule has 140 valence electrons. The van der Waals surface area contributed by atoms with E-state index in [1.807, 2.05) is 15.4 Å². The van der Waals surface area contributed by atoms with Crippen molar-refractivity contribution in [3.05, 3.63) is 30.6 Å². The molecule has 2 aromatic heterocycles. The van der Waals surface area contributed by atoms with Crippen molar-refractivity contribution in [2.24, 2.45) is 5.14 Å². The maximum absolute atomic E-state index is 11.6. The molecule has 0 unspecified atom stereocenters. The zero-order valence-corrected chi connectivity index (χ0v) is 16.1. The molecule has 0 atom stereocenters. The van der Waals surface area contributed by atoms with Crippen LogP contribution in [0.4, 0.5) is 0 Å². The smallest absolute Gasteiger partial charge is 0.238 e. The molecule has 1 aromatic carbocycles. The molecule has 0 radical (unpaired) electrons. The van der Waals surface area contributed by atoms with Gasteiger partial charge in [-0.3, -0.25) is 4.68 Å². The average molecular weight is 377 g/mol. The Hall–Kier alpha value is -2.23. The molecule has 0 spiro atoms. The van der Waals surface area contributed by atoms with Gasteiger partial charge >= 0.3 is 0 Å². The third-order valence-electron chi connectivity index (χ3n) is 4.10. The maximum Gasteiger partial charge on any atom is 0.238 e. The number of nitrogens with two attached hydrogens (primary N) is 1. The Balaban J connectivity index is 2.18. The maximum atomic E-state index is 11.6. The lowest BCUT2D eigenvalue weighted by atomic mass is 10.1. The molecule has 0 bridgehead atoms. The van der Waals surface area contributed by atoms with Crippen molar-refractivity contribution >= 4 is 21.1 Å². The van der Waals surface area contributed by atoms with Crippen molar-refractivity contribution < 1.29 is 13.2 Å². The number of sulfonamides is 1. The Kier molecular flexibility index (Phi) is 4.63. The third kappa shape index (κ3) is 3.50. The molecule has 0 aliphatic heterocycles. The van der Waals surface area contributed by atoms with Crippen LogP contribution in [0.5, 0.6) is 0 Å². The van der Waals surface area contributed by atoms with Crippen LogP contribution in [-0.2, 0) is 26.8 Å². The van der Waals surface area contributed by atoms with E-state index in [4.69, 9.17) is 9.88 Å². The van der Waals surface area contributed by atoms with Gasteiger partial charge in [-0.15, -0.1) is 0 Å². The van der Waals surface area contributed by atoms with Gasteiger partial charge < -0.3 is 9.30 Å². The van der Waals surface area contributed by atoms with E-state index in [9.17, 15) is 8.42 Å². The van der Waals surface area contributed by atoms with Crippen LogP contribution in [0.2, 0.25) is 0 Å². The highest BCUT2D eigenvalue weighted by Crippen LogP contribution is 2.27. The lowest BCUT2D eigenvalue weighted by molar-refractivity contribution is 0.188. The minimum Gasteiger partial charge on any atom is -0.383 e. The van der Waals surface area contributed by atoms with E-state index in [1.54, 1.807) is 19.4 Å². The van der Waals surface area contributed by atoms with Gasteiger partial charge in [-0.2, -0.15) is 5.10 Å². The first-order valence-electron chi connectivity index (χ1n) is 8.19. The molecule has 9 heteroatoms. The summed E-state index contributed by atoms with van der Waals surface area (Å²) in [6, 6.07) is 4.70. The molecule has 26 heavy (non-hydrogen) atoms. The Labute approximate surface area is 152 Å². The fourth-order valence-corrected chi connectivity index (χ4v) is 3.25. The Bertz CT molecular complexity index is 1040. The summed E-state index contributed by atoms with van der Waals surface area (Å²) >= 11 is 0. The summed E-state index contributed by atoms with van der Waals surface area (Å²) < 4.78 is 32.3. The molecule has 3 aromatic rings. The van der Waals surface area contributed by atoms with Crippen molar-refractivity contribution in [2.45, 2.75) is 37.8 Å². The topological polar surface area (TPSA) is 105 Å². The van der Waals surface area contributed by atoms with Crippen molar-refractivity contribution in [2.75, 3.05) is 13.7 Å². The summed E-state index contributed by atoms with van der Waals surface area (Å²) in [6.45, 7) is 7.28. The zero-order valence-electron chi connectivity index (χ0n) is 15.3. The molecular weight excluding hydrogens is 354 g/mol. The number of methoxy groups -OCH3 is 1. The van der Waals surface area contributed by atoms with E-state index in [2.05, 4.69) is 30.9 Å².